The molecule has 0 saturated carbocycles. The number of alkyl halides is 6. The van der Waals surface area contributed by atoms with E-state index in [1.165, 1.54) is 41.3 Å². The molecule has 0 unspecified atom stereocenters. The monoisotopic (exact) mass is 583 g/mol. The summed E-state index contributed by atoms with van der Waals surface area (Å²) in [6.07, 6.45) is -7.97. The number of benzene rings is 2. The molecule has 0 aliphatic carbocycles. The van der Waals surface area contributed by atoms with E-state index in [2.05, 4.69) is 20.2 Å². The molecule has 2 aromatic carbocycles. The van der Waals surface area contributed by atoms with Crippen molar-refractivity contribution in [2.45, 2.75) is 31.7 Å². The van der Waals surface area contributed by atoms with E-state index in [1.54, 1.807) is 0 Å². The van der Waals surface area contributed by atoms with Crippen LogP contribution in [0.15, 0.2) is 59.4 Å². The van der Waals surface area contributed by atoms with Crippen molar-refractivity contribution in [2.24, 2.45) is 0 Å². The highest BCUT2D eigenvalue weighted by atomic mass is 19.4. The molecule has 2 aliphatic rings. The molecule has 0 amide bonds. The number of hydrogen-bond donors (Lipinski definition) is 0. The fourth-order valence-electron chi connectivity index (χ4n) is 3.95. The van der Waals surface area contributed by atoms with Crippen molar-refractivity contribution in [1.29, 1.82) is 0 Å². The molecule has 7 nitrogen and oxygen atoms in total. The highest BCUT2D eigenvalue weighted by Crippen LogP contribution is 2.39. The van der Waals surface area contributed by atoms with Crippen LogP contribution in [0.1, 0.15) is 24.2 Å². The first-order valence-electron chi connectivity index (χ1n) is 11.9. The molecular formula is C26H17F8N5O2. The number of fused-ring (bicyclic) bond motifs is 1. The fourth-order valence-corrected chi connectivity index (χ4v) is 3.95. The van der Waals surface area contributed by atoms with E-state index >= 15 is 0 Å². The zero-order valence-electron chi connectivity index (χ0n) is 20.6. The highest BCUT2D eigenvalue weighted by molar-refractivity contribution is 5.66. The lowest BCUT2D eigenvalue weighted by molar-refractivity contribution is -0.137. The Bertz CT molecular complexity index is 1640. The first-order chi connectivity index (χ1) is 19.4. The Hall–Kier alpha value is -4.56. The summed E-state index contributed by atoms with van der Waals surface area (Å²) in [6.45, 7) is -0.480. The quantitative estimate of drug-likeness (QED) is 0.142. The molecule has 15 heteroatoms. The second kappa shape index (κ2) is 10.8. The predicted molar refractivity (Wildman–Crippen MR) is 127 cm³/mol. The van der Waals surface area contributed by atoms with Gasteiger partial charge >= 0.3 is 12.4 Å². The molecule has 0 spiro atoms. The van der Waals surface area contributed by atoms with Crippen LogP contribution in [0.25, 0.3) is 34.0 Å². The number of hydrogen-bond acceptors (Lipinski definition) is 6. The third-order valence-electron chi connectivity index (χ3n) is 5.83. The molecule has 0 atom stereocenters. The first kappa shape index (κ1) is 28.0. The van der Waals surface area contributed by atoms with Gasteiger partial charge in [0.25, 0.3) is 0 Å². The van der Waals surface area contributed by atoms with Gasteiger partial charge in [-0.05, 0) is 36.8 Å². The molecule has 3 heterocycles. The maximum Gasteiger partial charge on any atom is 0.417 e. The van der Waals surface area contributed by atoms with E-state index in [0.29, 0.717) is 17.5 Å². The molecule has 0 bridgehead atoms. The molecule has 0 radical (unpaired) electrons. The minimum absolute atomic E-state index is 0.0500. The Kier molecular flexibility index (Phi) is 7.36. The SMILES string of the molecule is Fc1cccc(-c2nc3cnn(Cc4cc(-c5ccc(OCCCC(F)(F)F)cc5C(F)(F)F)no4)cc-3n2)c1F. The second-order valence-electron chi connectivity index (χ2n) is 8.84. The van der Waals surface area contributed by atoms with Crippen LogP contribution >= 0.6 is 0 Å². The largest absolute Gasteiger partial charge is 0.494 e. The summed E-state index contributed by atoms with van der Waals surface area (Å²) >= 11 is 0. The Morgan fingerprint density at radius 1 is 0.878 bits per heavy atom. The summed E-state index contributed by atoms with van der Waals surface area (Å²) in [7, 11) is 0. The molecule has 0 fully saturated rings. The van der Waals surface area contributed by atoms with Crippen LogP contribution in [0.4, 0.5) is 35.1 Å². The lowest BCUT2D eigenvalue weighted by Gasteiger charge is -2.14. The standard InChI is InChI=1S/C26H17F8N5O2/c27-19-4-1-3-17(23(19)28)24-36-21-11-35-39(13-22(21)37-24)12-15-10-20(38-41-15)16-6-5-14(9-18(16)26(32,33)34)40-8-2-7-25(29,30)31/h1,3-6,9-11,13H,2,7-8,12H2. The van der Waals surface area contributed by atoms with Crippen LogP contribution in [-0.2, 0) is 12.7 Å². The van der Waals surface area contributed by atoms with Crippen molar-refractivity contribution < 1.29 is 44.4 Å². The third kappa shape index (κ3) is 6.44. The van der Waals surface area contributed by atoms with Gasteiger partial charge in [-0.1, -0.05) is 11.2 Å². The van der Waals surface area contributed by atoms with E-state index < -0.39 is 49.0 Å². The number of aromatic nitrogens is 5. The van der Waals surface area contributed by atoms with E-state index in [-0.39, 0.29) is 40.7 Å². The van der Waals surface area contributed by atoms with Crippen LogP contribution in [0.2, 0.25) is 0 Å². The average Bonchev–Trinajstić information content (AvgIpc) is 3.54. The summed E-state index contributed by atoms with van der Waals surface area (Å²) < 4.78 is 118. The lowest BCUT2D eigenvalue weighted by atomic mass is 10.0. The van der Waals surface area contributed by atoms with Gasteiger partial charge in [-0.25, -0.2) is 18.7 Å². The van der Waals surface area contributed by atoms with Gasteiger partial charge in [0.1, 0.15) is 29.4 Å². The maximum atomic E-state index is 14.1. The summed E-state index contributed by atoms with van der Waals surface area (Å²) in [5, 5.41) is 7.87. The van der Waals surface area contributed by atoms with Crippen LogP contribution in [0.3, 0.4) is 0 Å². The van der Waals surface area contributed by atoms with E-state index in [1.807, 2.05) is 0 Å². The van der Waals surface area contributed by atoms with Gasteiger partial charge in [0.05, 0.1) is 30.1 Å². The van der Waals surface area contributed by atoms with Gasteiger partial charge in [-0.3, -0.25) is 4.68 Å². The van der Waals surface area contributed by atoms with Crippen molar-refractivity contribution in [3.05, 3.63) is 77.8 Å². The van der Waals surface area contributed by atoms with Gasteiger partial charge in [0.15, 0.2) is 23.2 Å². The van der Waals surface area contributed by atoms with E-state index in [0.717, 1.165) is 12.1 Å². The smallest absolute Gasteiger partial charge is 0.417 e. The van der Waals surface area contributed by atoms with Gasteiger partial charge in [-0.15, -0.1) is 0 Å². The molecule has 5 rings (SSSR count). The van der Waals surface area contributed by atoms with Crippen LogP contribution in [-0.4, -0.2) is 37.7 Å². The zero-order chi connectivity index (χ0) is 29.4. The summed E-state index contributed by atoms with van der Waals surface area (Å²) in [6, 6.07) is 7.86. The second-order valence-corrected chi connectivity index (χ2v) is 8.84. The van der Waals surface area contributed by atoms with E-state index in [9.17, 15) is 35.1 Å². The Morgan fingerprint density at radius 2 is 1.66 bits per heavy atom. The summed E-state index contributed by atoms with van der Waals surface area (Å²) in [4.78, 5) is 8.36. The van der Waals surface area contributed by atoms with Crippen LogP contribution in [0.5, 0.6) is 5.75 Å². The highest BCUT2D eigenvalue weighted by Gasteiger charge is 2.35. The minimum atomic E-state index is -4.82. The lowest BCUT2D eigenvalue weighted by Crippen LogP contribution is -2.11. The van der Waals surface area contributed by atoms with E-state index in [4.69, 9.17) is 9.26 Å². The number of ether oxygens (including phenoxy) is 1. The molecule has 3 aromatic rings. The van der Waals surface area contributed by atoms with Crippen molar-refractivity contribution >= 4 is 0 Å². The van der Waals surface area contributed by atoms with Gasteiger partial charge < -0.3 is 9.26 Å². The van der Waals surface area contributed by atoms with Gasteiger partial charge in [0, 0.05) is 18.1 Å². The predicted octanol–water partition coefficient (Wildman–Crippen LogP) is 7.17. The van der Waals surface area contributed by atoms with Crippen molar-refractivity contribution in [2.75, 3.05) is 6.61 Å². The van der Waals surface area contributed by atoms with Gasteiger partial charge in [0.2, 0.25) is 0 Å². The molecule has 0 N–H and O–H groups in total. The fraction of sp³-hybridized carbons (Fsp3) is 0.231. The number of imidazole rings is 1. The van der Waals surface area contributed by atoms with Crippen molar-refractivity contribution in [1.82, 2.24) is 24.9 Å². The molecule has 1 aromatic heterocycles. The van der Waals surface area contributed by atoms with Crippen LogP contribution in [0, 0.1) is 11.6 Å². The van der Waals surface area contributed by atoms with Gasteiger partial charge in [-0.2, -0.15) is 31.4 Å². The molecular weight excluding hydrogens is 566 g/mol. The molecule has 0 saturated heterocycles. The maximum absolute atomic E-state index is 14.1. The summed E-state index contributed by atoms with van der Waals surface area (Å²) in [5.41, 5.74) is -1.12. The normalized spacial score (nSPS) is 12.3. The zero-order valence-corrected chi connectivity index (χ0v) is 20.6. The molecule has 214 valence electrons. The number of nitrogens with zero attached hydrogens (tertiary/aromatic N) is 5. The third-order valence-corrected chi connectivity index (χ3v) is 5.83. The molecule has 41 heavy (non-hydrogen) atoms. The van der Waals surface area contributed by atoms with Crippen molar-refractivity contribution in [3.8, 4) is 39.8 Å². The Balaban J connectivity index is 1.34. The summed E-state index contributed by atoms with van der Waals surface area (Å²) in [5.74, 6) is -2.31. The Labute approximate surface area is 225 Å². The molecule has 2 aliphatic heterocycles. The average molecular weight is 583 g/mol. The topological polar surface area (TPSA) is 78.9 Å². The van der Waals surface area contributed by atoms with Crippen LogP contribution < -0.4 is 4.74 Å². The number of rotatable bonds is 8. The minimum Gasteiger partial charge on any atom is -0.494 e. The first-order valence-corrected chi connectivity index (χ1v) is 11.9. The Morgan fingerprint density at radius 3 is 2.41 bits per heavy atom. The number of halogens is 8. The van der Waals surface area contributed by atoms with Crippen molar-refractivity contribution in [3.63, 3.8) is 0 Å².